The van der Waals surface area contributed by atoms with Crippen LogP contribution in [0.1, 0.15) is 36.5 Å². The molecule has 1 atom stereocenters. The molecule has 1 unspecified atom stereocenters. The van der Waals surface area contributed by atoms with Crippen molar-refractivity contribution in [2.24, 2.45) is 11.8 Å². The first-order valence-electron chi connectivity index (χ1n) is 6.46. The quantitative estimate of drug-likeness (QED) is 0.627. The van der Waals surface area contributed by atoms with Crippen LogP contribution in [-0.4, -0.2) is 28.9 Å². The SMILES string of the molecule is CCCC1CCN(C(=O)c2cnccc2NN)C1. The molecule has 1 aromatic heterocycles. The molecule has 0 aliphatic carbocycles. The Bertz CT molecular complexity index is 421. The largest absolute Gasteiger partial charge is 0.338 e. The number of hydrogen-bond donors (Lipinski definition) is 2. The molecule has 1 aromatic rings. The summed E-state index contributed by atoms with van der Waals surface area (Å²) >= 11 is 0. The molecule has 1 aliphatic heterocycles. The van der Waals surface area contributed by atoms with E-state index in [2.05, 4.69) is 17.3 Å². The maximum atomic E-state index is 12.4. The van der Waals surface area contributed by atoms with Crippen LogP contribution in [0.3, 0.4) is 0 Å². The maximum absolute atomic E-state index is 12.4. The molecular weight excluding hydrogens is 228 g/mol. The van der Waals surface area contributed by atoms with Gasteiger partial charge in [0.05, 0.1) is 11.3 Å². The van der Waals surface area contributed by atoms with Gasteiger partial charge >= 0.3 is 0 Å². The van der Waals surface area contributed by atoms with E-state index in [1.807, 2.05) is 4.90 Å². The van der Waals surface area contributed by atoms with Crippen LogP contribution in [0.25, 0.3) is 0 Å². The van der Waals surface area contributed by atoms with Gasteiger partial charge in [-0.15, -0.1) is 0 Å². The minimum atomic E-state index is 0.0228. The summed E-state index contributed by atoms with van der Waals surface area (Å²) in [6.45, 7) is 3.87. The Kier molecular flexibility index (Phi) is 4.15. The molecule has 98 valence electrons. The number of likely N-dealkylation sites (tertiary alicyclic amines) is 1. The normalized spacial score (nSPS) is 19.0. The highest BCUT2D eigenvalue weighted by Gasteiger charge is 2.27. The van der Waals surface area contributed by atoms with Gasteiger partial charge in [0.2, 0.25) is 0 Å². The number of hydrazine groups is 1. The number of amides is 1. The van der Waals surface area contributed by atoms with E-state index in [0.29, 0.717) is 17.2 Å². The number of carbonyl (C=O) groups is 1. The monoisotopic (exact) mass is 248 g/mol. The number of rotatable bonds is 4. The average molecular weight is 248 g/mol. The number of nitrogens with one attached hydrogen (secondary N) is 1. The molecule has 5 heteroatoms. The summed E-state index contributed by atoms with van der Waals surface area (Å²) in [6, 6.07) is 1.72. The highest BCUT2D eigenvalue weighted by atomic mass is 16.2. The van der Waals surface area contributed by atoms with Crippen molar-refractivity contribution in [1.82, 2.24) is 9.88 Å². The van der Waals surface area contributed by atoms with Crippen molar-refractivity contribution in [2.45, 2.75) is 26.2 Å². The summed E-state index contributed by atoms with van der Waals surface area (Å²) in [6.07, 6.45) is 6.67. The van der Waals surface area contributed by atoms with Crippen LogP contribution in [0.4, 0.5) is 5.69 Å². The molecule has 2 rings (SSSR count). The van der Waals surface area contributed by atoms with Crippen molar-refractivity contribution < 1.29 is 4.79 Å². The van der Waals surface area contributed by atoms with Gasteiger partial charge in [-0.05, 0) is 24.8 Å². The van der Waals surface area contributed by atoms with Gasteiger partial charge < -0.3 is 10.3 Å². The summed E-state index contributed by atoms with van der Waals surface area (Å²) in [7, 11) is 0. The van der Waals surface area contributed by atoms with E-state index in [1.54, 1.807) is 18.5 Å². The first kappa shape index (κ1) is 12.8. The highest BCUT2D eigenvalue weighted by molar-refractivity contribution is 5.99. The zero-order valence-corrected chi connectivity index (χ0v) is 10.7. The average Bonchev–Trinajstić information content (AvgIpc) is 2.87. The predicted molar refractivity (Wildman–Crippen MR) is 71.0 cm³/mol. The standard InChI is InChI=1S/C13H20N4O/c1-2-3-10-5-7-17(9-10)13(18)11-8-15-6-4-12(11)16-14/h4,6,8,10H,2-3,5,7,9,14H2,1H3,(H,15,16). The second kappa shape index (κ2) is 5.82. The van der Waals surface area contributed by atoms with Gasteiger partial charge in [0.25, 0.3) is 5.91 Å². The van der Waals surface area contributed by atoms with Crippen molar-refractivity contribution >= 4 is 11.6 Å². The Morgan fingerprint density at radius 1 is 1.67 bits per heavy atom. The summed E-state index contributed by atoms with van der Waals surface area (Å²) in [5.41, 5.74) is 3.74. The Hall–Kier alpha value is -1.62. The van der Waals surface area contributed by atoms with Gasteiger partial charge in [0.15, 0.2) is 0 Å². The number of carbonyl (C=O) groups excluding carboxylic acids is 1. The summed E-state index contributed by atoms with van der Waals surface area (Å²) in [5, 5.41) is 0. The third-order valence-corrected chi connectivity index (χ3v) is 3.48. The van der Waals surface area contributed by atoms with Crippen molar-refractivity contribution in [1.29, 1.82) is 0 Å². The first-order chi connectivity index (χ1) is 8.76. The minimum absolute atomic E-state index is 0.0228. The maximum Gasteiger partial charge on any atom is 0.257 e. The fourth-order valence-electron chi connectivity index (χ4n) is 2.52. The van der Waals surface area contributed by atoms with Crippen LogP contribution in [0.2, 0.25) is 0 Å². The lowest BCUT2D eigenvalue weighted by molar-refractivity contribution is 0.0787. The molecule has 0 spiro atoms. The molecule has 1 amide bonds. The van der Waals surface area contributed by atoms with Gasteiger partial charge in [0, 0.05) is 25.5 Å². The van der Waals surface area contributed by atoms with Gasteiger partial charge in [-0.1, -0.05) is 13.3 Å². The fraction of sp³-hybridized carbons (Fsp3) is 0.538. The Balaban J connectivity index is 2.08. The van der Waals surface area contributed by atoms with E-state index in [-0.39, 0.29) is 5.91 Å². The number of nitrogens with zero attached hydrogens (tertiary/aromatic N) is 2. The van der Waals surface area contributed by atoms with E-state index < -0.39 is 0 Å². The molecule has 0 saturated carbocycles. The smallest absolute Gasteiger partial charge is 0.257 e. The van der Waals surface area contributed by atoms with Crippen LogP contribution < -0.4 is 11.3 Å². The predicted octanol–water partition coefficient (Wildman–Crippen LogP) is 1.63. The van der Waals surface area contributed by atoms with Gasteiger partial charge in [-0.3, -0.25) is 15.6 Å². The van der Waals surface area contributed by atoms with E-state index in [9.17, 15) is 4.79 Å². The lowest BCUT2D eigenvalue weighted by Gasteiger charge is -2.18. The van der Waals surface area contributed by atoms with E-state index >= 15 is 0 Å². The molecule has 3 N–H and O–H groups in total. The fourth-order valence-corrected chi connectivity index (χ4v) is 2.52. The minimum Gasteiger partial charge on any atom is -0.338 e. The number of nitrogen functional groups attached to an aromatic ring is 1. The molecular formula is C13H20N4O. The second-order valence-electron chi connectivity index (χ2n) is 4.76. The number of aromatic nitrogens is 1. The number of hydrogen-bond acceptors (Lipinski definition) is 4. The molecule has 18 heavy (non-hydrogen) atoms. The van der Waals surface area contributed by atoms with E-state index in [4.69, 9.17) is 5.84 Å². The summed E-state index contributed by atoms with van der Waals surface area (Å²) < 4.78 is 0. The van der Waals surface area contributed by atoms with Crippen LogP contribution in [-0.2, 0) is 0 Å². The third kappa shape index (κ3) is 2.61. The first-order valence-corrected chi connectivity index (χ1v) is 6.46. The summed E-state index contributed by atoms with van der Waals surface area (Å²) in [5.74, 6) is 6.08. The molecule has 5 nitrogen and oxygen atoms in total. The lowest BCUT2D eigenvalue weighted by atomic mass is 10.0. The van der Waals surface area contributed by atoms with E-state index in [1.165, 1.54) is 12.8 Å². The summed E-state index contributed by atoms with van der Waals surface area (Å²) in [4.78, 5) is 18.3. The zero-order valence-electron chi connectivity index (χ0n) is 10.7. The number of pyridine rings is 1. The Labute approximate surface area is 107 Å². The topological polar surface area (TPSA) is 71.2 Å². The highest BCUT2D eigenvalue weighted by Crippen LogP contribution is 2.24. The van der Waals surface area contributed by atoms with Crippen molar-refractivity contribution in [2.75, 3.05) is 18.5 Å². The van der Waals surface area contributed by atoms with Crippen LogP contribution >= 0.6 is 0 Å². The zero-order chi connectivity index (χ0) is 13.0. The molecule has 0 bridgehead atoms. The van der Waals surface area contributed by atoms with Crippen molar-refractivity contribution in [3.63, 3.8) is 0 Å². The van der Waals surface area contributed by atoms with Gasteiger partial charge in [-0.25, -0.2) is 0 Å². The molecule has 1 aliphatic rings. The molecule has 0 radical (unpaired) electrons. The van der Waals surface area contributed by atoms with Gasteiger partial charge in [-0.2, -0.15) is 0 Å². The van der Waals surface area contributed by atoms with Crippen LogP contribution in [0, 0.1) is 5.92 Å². The van der Waals surface area contributed by atoms with Crippen molar-refractivity contribution in [3.8, 4) is 0 Å². The Morgan fingerprint density at radius 3 is 3.22 bits per heavy atom. The lowest BCUT2D eigenvalue weighted by Crippen LogP contribution is -2.30. The van der Waals surface area contributed by atoms with Crippen LogP contribution in [0.5, 0.6) is 0 Å². The molecule has 1 fully saturated rings. The molecule has 2 heterocycles. The number of nitrogens with two attached hydrogens (primary N) is 1. The molecule has 1 saturated heterocycles. The van der Waals surface area contributed by atoms with Crippen LogP contribution in [0.15, 0.2) is 18.5 Å². The molecule has 0 aromatic carbocycles. The van der Waals surface area contributed by atoms with Gasteiger partial charge in [0.1, 0.15) is 0 Å². The third-order valence-electron chi connectivity index (χ3n) is 3.48. The Morgan fingerprint density at radius 2 is 2.50 bits per heavy atom. The van der Waals surface area contributed by atoms with Crippen molar-refractivity contribution in [3.05, 3.63) is 24.0 Å². The van der Waals surface area contributed by atoms with E-state index in [0.717, 1.165) is 19.5 Å². The second-order valence-corrected chi connectivity index (χ2v) is 4.76. The number of anilines is 1.